The van der Waals surface area contributed by atoms with E-state index < -0.39 is 27.5 Å². The lowest BCUT2D eigenvalue weighted by molar-refractivity contribution is -0.385. The van der Waals surface area contributed by atoms with Crippen molar-refractivity contribution in [3.63, 3.8) is 0 Å². The van der Waals surface area contributed by atoms with Gasteiger partial charge in [0.15, 0.2) is 12.4 Å². The Morgan fingerprint density at radius 3 is 2.57 bits per heavy atom. The maximum atomic E-state index is 12.4. The second-order valence-electron chi connectivity index (χ2n) is 6.30. The van der Waals surface area contributed by atoms with Crippen molar-refractivity contribution in [2.45, 2.75) is 30.6 Å². The second-order valence-corrected chi connectivity index (χ2v) is 7.99. The molecule has 0 fully saturated rings. The average Bonchev–Trinajstić information content (AvgIpc) is 2.70. The number of hydrogen-bond donors (Lipinski definition) is 2. The lowest BCUT2D eigenvalue weighted by atomic mass is 9.92. The molecule has 0 radical (unpaired) electrons. The van der Waals surface area contributed by atoms with Gasteiger partial charge in [0.2, 0.25) is 0 Å². The molecule has 2 aromatic rings. The van der Waals surface area contributed by atoms with Crippen molar-refractivity contribution in [1.82, 2.24) is 10.3 Å². The highest BCUT2D eigenvalue weighted by Crippen LogP contribution is 2.26. The van der Waals surface area contributed by atoms with Crippen molar-refractivity contribution in [2.24, 2.45) is 0 Å². The van der Waals surface area contributed by atoms with Gasteiger partial charge in [0.05, 0.1) is 9.82 Å². The summed E-state index contributed by atoms with van der Waals surface area (Å²) < 4.78 is 29.9. The highest BCUT2D eigenvalue weighted by Gasteiger charge is 2.19. The topological polar surface area (TPSA) is 128 Å². The van der Waals surface area contributed by atoms with Crippen LogP contribution in [0.1, 0.15) is 24.0 Å². The summed E-state index contributed by atoms with van der Waals surface area (Å²) in [5.41, 5.74) is 3.91. The summed E-state index contributed by atoms with van der Waals surface area (Å²) in [5.74, 6) is -0.875. The molecule has 1 amide bonds. The van der Waals surface area contributed by atoms with E-state index in [1.165, 1.54) is 30.3 Å². The van der Waals surface area contributed by atoms with Gasteiger partial charge in [-0.2, -0.15) is 0 Å². The molecule has 2 N–H and O–H groups in total. The van der Waals surface area contributed by atoms with Gasteiger partial charge in [-0.3, -0.25) is 20.3 Å². The van der Waals surface area contributed by atoms with E-state index in [4.69, 9.17) is 4.74 Å². The third kappa shape index (κ3) is 4.65. The fourth-order valence-corrected chi connectivity index (χ4v) is 3.88. The fraction of sp³-hybridized carbons (Fsp3) is 0.278. The van der Waals surface area contributed by atoms with Crippen molar-refractivity contribution in [1.29, 1.82) is 0 Å². The number of nitro benzene ring substituents is 1. The molecule has 0 saturated heterocycles. The number of hydrazine groups is 1. The molecule has 0 aliphatic heterocycles. The van der Waals surface area contributed by atoms with Gasteiger partial charge in [-0.25, -0.2) is 8.42 Å². The van der Waals surface area contributed by atoms with Crippen LogP contribution in [0.3, 0.4) is 0 Å². The normalized spacial score (nSPS) is 13.4. The molecule has 28 heavy (non-hydrogen) atoms. The number of para-hydroxylation sites is 2. The zero-order chi connectivity index (χ0) is 20.1. The zero-order valence-corrected chi connectivity index (χ0v) is 15.7. The number of nitro groups is 1. The van der Waals surface area contributed by atoms with E-state index in [2.05, 4.69) is 0 Å². The van der Waals surface area contributed by atoms with Crippen molar-refractivity contribution < 1.29 is 22.9 Å². The first-order valence-corrected chi connectivity index (χ1v) is 10.1. The maximum absolute atomic E-state index is 12.4. The lowest BCUT2D eigenvalue weighted by Crippen LogP contribution is -2.43. The van der Waals surface area contributed by atoms with Crippen molar-refractivity contribution in [3.05, 3.63) is 63.7 Å². The molecule has 0 atom stereocenters. The molecule has 2 aromatic carbocycles. The van der Waals surface area contributed by atoms with Crippen LogP contribution >= 0.6 is 0 Å². The van der Waals surface area contributed by atoms with Gasteiger partial charge in [-0.1, -0.05) is 18.2 Å². The monoisotopic (exact) mass is 405 g/mol. The molecule has 9 nitrogen and oxygen atoms in total. The summed E-state index contributed by atoms with van der Waals surface area (Å²) in [6, 6.07) is 10.5. The molecule has 10 heteroatoms. The number of amides is 1. The Balaban J connectivity index is 1.59. The third-order valence-corrected chi connectivity index (χ3v) is 5.62. The Labute approximate surface area is 161 Å². The molecular weight excluding hydrogens is 386 g/mol. The molecule has 0 aromatic heterocycles. The van der Waals surface area contributed by atoms with Gasteiger partial charge < -0.3 is 4.74 Å². The first kappa shape index (κ1) is 19.8. The number of benzene rings is 2. The predicted octanol–water partition coefficient (Wildman–Crippen LogP) is 1.86. The van der Waals surface area contributed by atoms with Crippen LogP contribution in [-0.2, 0) is 27.7 Å². The smallest absolute Gasteiger partial charge is 0.310 e. The van der Waals surface area contributed by atoms with E-state index in [-0.39, 0.29) is 16.3 Å². The molecule has 3 rings (SSSR count). The molecule has 1 aliphatic carbocycles. The van der Waals surface area contributed by atoms with Gasteiger partial charge in [-0.15, -0.1) is 4.83 Å². The number of nitrogens with one attached hydrogen (secondary N) is 2. The Bertz CT molecular complexity index is 1010. The number of ether oxygens (including phenoxy) is 1. The van der Waals surface area contributed by atoms with Gasteiger partial charge in [0.1, 0.15) is 0 Å². The number of nitrogens with zero attached hydrogens (tertiary/aromatic N) is 1. The zero-order valence-electron chi connectivity index (χ0n) is 14.9. The molecule has 0 saturated carbocycles. The summed E-state index contributed by atoms with van der Waals surface area (Å²) in [6.45, 7) is -0.586. The van der Waals surface area contributed by atoms with Crippen molar-refractivity contribution in [3.8, 4) is 5.75 Å². The third-order valence-electron chi connectivity index (χ3n) is 4.38. The average molecular weight is 405 g/mol. The van der Waals surface area contributed by atoms with E-state index in [1.54, 1.807) is 12.1 Å². The molecule has 0 heterocycles. The van der Waals surface area contributed by atoms with Crippen LogP contribution in [0, 0.1) is 10.1 Å². The largest absolute Gasteiger partial charge is 0.477 e. The minimum Gasteiger partial charge on any atom is -0.477 e. The van der Waals surface area contributed by atoms with E-state index in [1.807, 2.05) is 10.3 Å². The number of fused-ring (bicyclic) bond motifs is 1. The van der Waals surface area contributed by atoms with Crippen LogP contribution in [0.5, 0.6) is 5.75 Å². The molecule has 0 bridgehead atoms. The van der Waals surface area contributed by atoms with Gasteiger partial charge in [0, 0.05) is 6.07 Å². The SMILES string of the molecule is O=C(COc1ccccc1[N+](=O)[O-])NNS(=O)(=O)c1ccc2c(c1)CCCC2. The van der Waals surface area contributed by atoms with E-state index in [0.717, 1.165) is 36.8 Å². The molecule has 1 aliphatic rings. The van der Waals surface area contributed by atoms with Crippen LogP contribution in [0.4, 0.5) is 5.69 Å². The molecule has 148 valence electrons. The van der Waals surface area contributed by atoms with E-state index >= 15 is 0 Å². The number of aryl methyl sites for hydroxylation is 2. The second kappa shape index (κ2) is 8.36. The first-order chi connectivity index (χ1) is 13.4. The summed E-state index contributed by atoms with van der Waals surface area (Å²) >= 11 is 0. The van der Waals surface area contributed by atoms with Crippen molar-refractivity contribution in [2.75, 3.05) is 6.61 Å². The highest BCUT2D eigenvalue weighted by atomic mass is 32.2. The Kier molecular flexibility index (Phi) is 5.90. The number of carbonyl (C=O) groups is 1. The summed E-state index contributed by atoms with van der Waals surface area (Å²) in [5, 5.41) is 10.9. The summed E-state index contributed by atoms with van der Waals surface area (Å²) in [6.07, 6.45) is 3.87. The standard InChI is InChI=1S/C18H19N3O6S/c22-18(12-27-17-8-4-3-7-16(17)21(23)24)19-20-28(25,26)15-10-9-13-5-1-2-6-14(13)11-15/h3-4,7-11,20H,1-2,5-6,12H2,(H,19,22). The number of hydrogen-bond acceptors (Lipinski definition) is 6. The van der Waals surface area contributed by atoms with E-state index in [9.17, 15) is 23.3 Å². The summed E-state index contributed by atoms with van der Waals surface area (Å²) in [7, 11) is -3.94. The number of rotatable bonds is 7. The number of sulfonamides is 1. The molecule has 0 spiro atoms. The molecular formula is C18H19N3O6S. The highest BCUT2D eigenvalue weighted by molar-refractivity contribution is 7.89. The molecule has 0 unspecified atom stereocenters. The van der Waals surface area contributed by atoms with Gasteiger partial charge in [-0.05, 0) is 55.0 Å². The first-order valence-electron chi connectivity index (χ1n) is 8.65. The predicted molar refractivity (Wildman–Crippen MR) is 100 cm³/mol. The maximum Gasteiger partial charge on any atom is 0.310 e. The Morgan fingerprint density at radius 2 is 1.82 bits per heavy atom. The van der Waals surface area contributed by atoms with Crippen LogP contribution in [0.15, 0.2) is 47.4 Å². The van der Waals surface area contributed by atoms with Crippen LogP contribution in [-0.4, -0.2) is 25.9 Å². The van der Waals surface area contributed by atoms with Crippen LogP contribution in [0.25, 0.3) is 0 Å². The lowest BCUT2D eigenvalue weighted by Gasteiger charge is -2.17. The Hall–Kier alpha value is -2.98. The minimum atomic E-state index is -3.94. The Morgan fingerprint density at radius 1 is 1.11 bits per heavy atom. The fourth-order valence-electron chi connectivity index (χ4n) is 2.97. The van der Waals surface area contributed by atoms with Crippen molar-refractivity contribution >= 4 is 21.6 Å². The van der Waals surface area contributed by atoms with Crippen LogP contribution < -0.4 is 15.0 Å². The quantitative estimate of drug-likeness (QED) is 0.535. The van der Waals surface area contributed by atoms with Gasteiger partial charge >= 0.3 is 5.69 Å². The number of carbonyl (C=O) groups excluding carboxylic acids is 1. The minimum absolute atomic E-state index is 0.0630. The van der Waals surface area contributed by atoms with Gasteiger partial charge in [0.25, 0.3) is 15.9 Å². The van der Waals surface area contributed by atoms with Crippen LogP contribution in [0.2, 0.25) is 0 Å². The summed E-state index contributed by atoms with van der Waals surface area (Å²) in [4.78, 5) is 24.2. The van der Waals surface area contributed by atoms with E-state index in [0.29, 0.717) is 0 Å².